The molecule has 188 valence electrons. The van der Waals surface area contributed by atoms with Crippen molar-refractivity contribution in [2.24, 2.45) is 0 Å². The first-order valence-electron chi connectivity index (χ1n) is 11.8. The van der Waals surface area contributed by atoms with Crippen molar-refractivity contribution in [2.75, 3.05) is 18.2 Å². The summed E-state index contributed by atoms with van der Waals surface area (Å²) >= 11 is 1.33. The zero-order valence-electron chi connectivity index (χ0n) is 20.7. The molecule has 9 heteroatoms. The molecule has 0 atom stereocenters. The van der Waals surface area contributed by atoms with Crippen molar-refractivity contribution in [3.8, 4) is 28.8 Å². The Bertz CT molecular complexity index is 1470. The van der Waals surface area contributed by atoms with Crippen LogP contribution in [0.3, 0.4) is 0 Å². The molecular formula is C28H26N4O4S. The molecule has 0 spiro atoms. The number of aliphatic hydroxyl groups excluding tert-OH is 1. The maximum absolute atomic E-state index is 12.8. The molecule has 8 nitrogen and oxygen atoms in total. The Balaban J connectivity index is 1.49. The highest BCUT2D eigenvalue weighted by Gasteiger charge is 2.28. The summed E-state index contributed by atoms with van der Waals surface area (Å²) in [6.45, 7) is 3.69. The fourth-order valence-electron chi connectivity index (χ4n) is 4.14. The summed E-state index contributed by atoms with van der Waals surface area (Å²) in [6, 6.07) is 15.1. The van der Waals surface area contributed by atoms with Gasteiger partial charge in [-0.1, -0.05) is 23.9 Å². The van der Waals surface area contributed by atoms with Gasteiger partial charge in [0, 0.05) is 35.0 Å². The van der Waals surface area contributed by atoms with Crippen molar-refractivity contribution >= 4 is 23.4 Å². The fourth-order valence-corrected chi connectivity index (χ4v) is 4.96. The van der Waals surface area contributed by atoms with E-state index < -0.39 is 0 Å². The van der Waals surface area contributed by atoms with Crippen LogP contribution < -0.4 is 14.8 Å². The van der Waals surface area contributed by atoms with Gasteiger partial charge in [-0.3, -0.25) is 9.78 Å². The van der Waals surface area contributed by atoms with Crippen LogP contribution in [0, 0.1) is 13.8 Å². The minimum Gasteiger partial charge on any atom is -0.497 e. The Kier molecular flexibility index (Phi) is 7.07. The summed E-state index contributed by atoms with van der Waals surface area (Å²) in [5, 5.41) is 13.5. The first-order valence-corrected chi connectivity index (χ1v) is 12.7. The summed E-state index contributed by atoms with van der Waals surface area (Å²) < 4.78 is 11.5. The van der Waals surface area contributed by atoms with Gasteiger partial charge in [-0.2, -0.15) is 4.98 Å². The number of ether oxygens (including phenoxy) is 2. The second kappa shape index (κ2) is 10.6. The number of anilines is 1. The van der Waals surface area contributed by atoms with Gasteiger partial charge in [0.1, 0.15) is 10.8 Å². The van der Waals surface area contributed by atoms with E-state index in [0.717, 1.165) is 33.7 Å². The average molecular weight is 515 g/mol. The topological polar surface area (TPSA) is 106 Å². The monoisotopic (exact) mass is 514 g/mol. The lowest BCUT2D eigenvalue weighted by atomic mass is 9.99. The standard InChI is InChI=1S/C28H26N4O4S/c1-16-5-4-6-20(11-16)30-24(34)15-37-28-23-12-22-19(14-33)13-29-17(2)25(22)36-27(23)31-26(32-28)18-7-9-21(35-3)10-8-18/h4-11,13,33H,12,14-15H2,1-3H3,(H,30,34). The summed E-state index contributed by atoms with van der Waals surface area (Å²) in [7, 11) is 1.61. The quantitative estimate of drug-likeness (QED) is 0.229. The molecule has 2 N–H and O–H groups in total. The fraction of sp³-hybridized carbons (Fsp3) is 0.214. The molecule has 0 aliphatic carbocycles. The molecule has 37 heavy (non-hydrogen) atoms. The number of benzene rings is 2. The van der Waals surface area contributed by atoms with E-state index in [1.54, 1.807) is 13.3 Å². The number of carbonyl (C=O) groups is 1. The summed E-state index contributed by atoms with van der Waals surface area (Å²) in [4.78, 5) is 26.7. The summed E-state index contributed by atoms with van der Waals surface area (Å²) in [5.41, 5.74) is 5.66. The second-order valence-electron chi connectivity index (χ2n) is 8.68. The number of pyridine rings is 1. The zero-order valence-corrected chi connectivity index (χ0v) is 21.6. The minimum atomic E-state index is -0.152. The molecule has 3 heterocycles. The van der Waals surface area contributed by atoms with Gasteiger partial charge in [-0.15, -0.1) is 0 Å². The predicted octanol–water partition coefficient (Wildman–Crippen LogP) is 5.08. The Morgan fingerprint density at radius 3 is 2.68 bits per heavy atom. The van der Waals surface area contributed by atoms with E-state index in [4.69, 9.17) is 19.4 Å². The van der Waals surface area contributed by atoms with E-state index in [1.165, 1.54) is 11.8 Å². The van der Waals surface area contributed by atoms with E-state index in [-0.39, 0.29) is 18.3 Å². The van der Waals surface area contributed by atoms with Crippen molar-refractivity contribution < 1.29 is 19.4 Å². The zero-order chi connectivity index (χ0) is 25.9. The molecule has 2 aromatic heterocycles. The number of nitrogens with zero attached hydrogens (tertiary/aromatic N) is 3. The van der Waals surface area contributed by atoms with Gasteiger partial charge in [-0.05, 0) is 55.8 Å². The van der Waals surface area contributed by atoms with E-state index in [9.17, 15) is 9.90 Å². The summed E-state index contributed by atoms with van der Waals surface area (Å²) in [6.07, 6.45) is 2.13. The van der Waals surface area contributed by atoms with Gasteiger partial charge in [0.15, 0.2) is 11.6 Å². The molecular weight excluding hydrogens is 488 g/mol. The molecule has 0 bridgehead atoms. The van der Waals surface area contributed by atoms with E-state index in [1.807, 2.05) is 62.4 Å². The smallest absolute Gasteiger partial charge is 0.234 e. The van der Waals surface area contributed by atoms with Crippen molar-refractivity contribution in [2.45, 2.75) is 31.9 Å². The van der Waals surface area contributed by atoms with E-state index >= 15 is 0 Å². The first kappa shape index (κ1) is 24.7. The maximum atomic E-state index is 12.8. The number of carbonyl (C=O) groups excluding carboxylic acids is 1. The number of methoxy groups -OCH3 is 1. The highest BCUT2D eigenvalue weighted by atomic mass is 32.2. The third kappa shape index (κ3) is 5.28. The number of hydrogen-bond donors (Lipinski definition) is 2. The molecule has 0 fully saturated rings. The van der Waals surface area contributed by atoms with Crippen molar-refractivity contribution in [1.82, 2.24) is 15.0 Å². The van der Waals surface area contributed by atoms with Crippen molar-refractivity contribution in [3.63, 3.8) is 0 Å². The number of amides is 1. The van der Waals surface area contributed by atoms with Gasteiger partial charge >= 0.3 is 0 Å². The normalized spacial score (nSPS) is 11.8. The first-order chi connectivity index (χ1) is 17.9. The van der Waals surface area contributed by atoms with Gasteiger partial charge in [-0.25, -0.2) is 4.98 Å². The Hall–Kier alpha value is -3.95. The minimum absolute atomic E-state index is 0.137. The van der Waals surface area contributed by atoms with Crippen LogP contribution in [0.1, 0.15) is 27.9 Å². The van der Waals surface area contributed by atoms with Crippen LogP contribution in [-0.4, -0.2) is 38.8 Å². The molecule has 4 aromatic rings. The molecule has 1 amide bonds. The number of nitrogens with one attached hydrogen (secondary N) is 1. The molecule has 2 aromatic carbocycles. The van der Waals surface area contributed by atoms with Crippen LogP contribution in [0.5, 0.6) is 17.4 Å². The Morgan fingerprint density at radius 2 is 1.95 bits per heavy atom. The van der Waals surface area contributed by atoms with E-state index in [0.29, 0.717) is 40.2 Å². The molecule has 5 rings (SSSR count). The maximum Gasteiger partial charge on any atom is 0.234 e. The number of aryl methyl sites for hydroxylation is 2. The highest BCUT2D eigenvalue weighted by molar-refractivity contribution is 8.00. The van der Waals surface area contributed by atoms with Crippen LogP contribution in [0.4, 0.5) is 5.69 Å². The summed E-state index contributed by atoms with van der Waals surface area (Å²) in [5.74, 6) is 2.26. The highest BCUT2D eigenvalue weighted by Crippen LogP contribution is 2.42. The lowest BCUT2D eigenvalue weighted by Gasteiger charge is -2.24. The molecule has 0 unspecified atom stereocenters. The van der Waals surface area contributed by atoms with Crippen LogP contribution >= 0.6 is 11.8 Å². The van der Waals surface area contributed by atoms with Gasteiger partial charge in [0.25, 0.3) is 0 Å². The predicted molar refractivity (Wildman–Crippen MR) is 142 cm³/mol. The van der Waals surface area contributed by atoms with Gasteiger partial charge < -0.3 is 19.9 Å². The Labute approximate surface area is 219 Å². The van der Waals surface area contributed by atoms with Crippen molar-refractivity contribution in [3.05, 3.63) is 82.7 Å². The molecule has 0 saturated carbocycles. The lowest BCUT2D eigenvalue weighted by Crippen LogP contribution is -2.16. The van der Waals surface area contributed by atoms with Gasteiger partial charge in [0.05, 0.1) is 30.7 Å². The van der Waals surface area contributed by atoms with Crippen LogP contribution in [0.15, 0.2) is 59.8 Å². The number of hydrogen-bond acceptors (Lipinski definition) is 8. The van der Waals surface area contributed by atoms with E-state index in [2.05, 4.69) is 10.3 Å². The van der Waals surface area contributed by atoms with Crippen LogP contribution in [-0.2, 0) is 17.8 Å². The largest absolute Gasteiger partial charge is 0.497 e. The van der Waals surface area contributed by atoms with Crippen LogP contribution in [0.25, 0.3) is 11.4 Å². The number of aromatic nitrogens is 3. The molecule has 0 radical (unpaired) electrons. The SMILES string of the molecule is COc1ccc(-c2nc3c(c(SCC(=O)Nc4cccc(C)c4)n2)Cc2c(CO)cnc(C)c2O3)cc1. The van der Waals surface area contributed by atoms with Crippen LogP contribution in [0.2, 0.25) is 0 Å². The van der Waals surface area contributed by atoms with Gasteiger partial charge in [0.2, 0.25) is 11.8 Å². The second-order valence-corrected chi connectivity index (χ2v) is 9.65. The number of fused-ring (bicyclic) bond motifs is 2. The third-order valence-corrected chi connectivity index (χ3v) is 7.07. The Morgan fingerprint density at radius 1 is 1.14 bits per heavy atom. The number of aliphatic hydroxyl groups is 1. The molecule has 1 aliphatic rings. The number of rotatable bonds is 7. The molecule has 0 saturated heterocycles. The molecule has 1 aliphatic heterocycles. The lowest BCUT2D eigenvalue weighted by molar-refractivity contribution is -0.113. The number of thioether (sulfide) groups is 1. The average Bonchev–Trinajstić information content (AvgIpc) is 2.91. The van der Waals surface area contributed by atoms with Crippen molar-refractivity contribution in [1.29, 1.82) is 0 Å². The third-order valence-electron chi connectivity index (χ3n) is 6.05.